The van der Waals surface area contributed by atoms with Gasteiger partial charge in [-0.15, -0.1) is 0 Å². The minimum absolute atomic E-state index is 0.0273. The van der Waals surface area contributed by atoms with E-state index in [9.17, 15) is 9.90 Å². The van der Waals surface area contributed by atoms with Crippen molar-refractivity contribution >= 4 is 17.3 Å². The van der Waals surface area contributed by atoms with E-state index in [2.05, 4.69) is 21.4 Å². The molecule has 3 rings (SSSR count). The number of aliphatic hydroxyl groups excluding tert-OH is 1. The van der Waals surface area contributed by atoms with Crippen LogP contribution in [0.3, 0.4) is 0 Å². The molecule has 0 amide bonds. The zero-order chi connectivity index (χ0) is 23.8. The predicted octanol–water partition coefficient (Wildman–Crippen LogP) is 5.27. The van der Waals surface area contributed by atoms with E-state index in [0.29, 0.717) is 24.5 Å². The smallest absolute Gasteiger partial charge is 0.303 e. The lowest BCUT2D eigenvalue weighted by Crippen LogP contribution is -2.19. The van der Waals surface area contributed by atoms with E-state index in [0.717, 1.165) is 36.0 Å². The summed E-state index contributed by atoms with van der Waals surface area (Å²) >= 11 is 1.70. The lowest BCUT2D eigenvalue weighted by atomic mass is 9.89. The summed E-state index contributed by atoms with van der Waals surface area (Å²) in [6, 6.07) is 7.88. The Balaban J connectivity index is 1.79. The molecule has 178 valence electrons. The summed E-state index contributed by atoms with van der Waals surface area (Å²) in [5.74, 6) is 0.557. The third-order valence-corrected chi connectivity index (χ3v) is 6.80. The molecule has 1 unspecified atom stereocenters. The Morgan fingerprint density at radius 3 is 2.45 bits per heavy atom. The number of ether oxygens (including phenoxy) is 2. The first-order valence-corrected chi connectivity index (χ1v) is 12.1. The first-order valence-electron chi connectivity index (χ1n) is 11.2. The predicted molar refractivity (Wildman–Crippen MR) is 130 cm³/mol. The maximum absolute atomic E-state index is 11.4. The van der Waals surface area contributed by atoms with E-state index in [1.165, 1.54) is 5.56 Å². The fraction of sp³-hybridized carbons (Fsp3) is 0.423. The molecule has 2 aromatic heterocycles. The molecule has 2 N–H and O–H groups in total. The van der Waals surface area contributed by atoms with Crippen molar-refractivity contribution in [3.05, 3.63) is 69.7 Å². The highest BCUT2D eigenvalue weighted by atomic mass is 32.1. The van der Waals surface area contributed by atoms with Crippen LogP contribution in [0.1, 0.15) is 47.6 Å². The minimum Gasteiger partial charge on any atom is -0.496 e. The number of methoxy groups -OCH3 is 2. The van der Waals surface area contributed by atoms with Crippen molar-refractivity contribution in [2.75, 3.05) is 14.2 Å². The van der Waals surface area contributed by atoms with Crippen LogP contribution >= 0.6 is 11.3 Å². The third-order valence-electron chi connectivity index (χ3n) is 6.07. The molecule has 0 saturated heterocycles. The van der Waals surface area contributed by atoms with Crippen molar-refractivity contribution in [2.24, 2.45) is 5.92 Å². The molecule has 0 aliphatic heterocycles. The van der Waals surface area contributed by atoms with Gasteiger partial charge in [0.15, 0.2) is 0 Å². The molecule has 1 aromatic carbocycles. The number of aromatic nitrogens is 1. The fourth-order valence-corrected chi connectivity index (χ4v) is 4.88. The van der Waals surface area contributed by atoms with Gasteiger partial charge in [0.05, 0.1) is 20.3 Å². The quantitative estimate of drug-likeness (QED) is 0.355. The van der Waals surface area contributed by atoms with E-state index in [1.54, 1.807) is 25.6 Å². The number of hydrogen-bond acceptors (Lipinski definition) is 5. The average Bonchev–Trinajstić information content (AvgIpc) is 3.49. The van der Waals surface area contributed by atoms with Crippen molar-refractivity contribution in [1.82, 2.24) is 4.57 Å². The second kappa shape index (κ2) is 11.9. The number of carboxylic acid groups (broad SMARTS) is 1. The number of carbonyl (C=O) groups is 1. The molecule has 0 bridgehead atoms. The summed E-state index contributed by atoms with van der Waals surface area (Å²) in [7, 11) is 3.24. The fourth-order valence-electron chi connectivity index (χ4n) is 4.18. The Morgan fingerprint density at radius 2 is 1.85 bits per heavy atom. The molecule has 0 fully saturated rings. The van der Waals surface area contributed by atoms with Crippen LogP contribution in [0.2, 0.25) is 0 Å². The van der Waals surface area contributed by atoms with Crippen LogP contribution in [0.15, 0.2) is 47.4 Å². The largest absolute Gasteiger partial charge is 0.496 e. The van der Waals surface area contributed by atoms with Gasteiger partial charge in [0, 0.05) is 36.8 Å². The third kappa shape index (κ3) is 6.85. The maximum atomic E-state index is 11.4. The number of rotatable bonds is 13. The number of aryl methyl sites for hydroxylation is 2. The van der Waals surface area contributed by atoms with Gasteiger partial charge < -0.3 is 24.3 Å². The van der Waals surface area contributed by atoms with E-state index in [4.69, 9.17) is 14.6 Å². The Bertz CT molecular complexity index is 1000. The van der Waals surface area contributed by atoms with Crippen molar-refractivity contribution in [3.8, 4) is 11.5 Å². The number of aliphatic carboxylic acids is 1. The number of hydrogen-bond donors (Lipinski definition) is 2. The van der Waals surface area contributed by atoms with Crippen LogP contribution in [0.25, 0.3) is 0 Å². The molecule has 0 radical (unpaired) electrons. The van der Waals surface area contributed by atoms with Gasteiger partial charge in [-0.2, -0.15) is 11.3 Å². The summed E-state index contributed by atoms with van der Waals surface area (Å²) in [6.45, 7) is 2.57. The van der Waals surface area contributed by atoms with Gasteiger partial charge in [-0.25, -0.2) is 0 Å². The molecule has 0 aliphatic carbocycles. The summed E-state index contributed by atoms with van der Waals surface area (Å²) in [5, 5.41) is 24.6. The van der Waals surface area contributed by atoms with Crippen molar-refractivity contribution in [2.45, 2.75) is 51.7 Å². The SMILES string of the molecule is COc1cc(C(O)[C@H](CCCc2ccsc2)Cn2ccc(CCC(=O)O)c2)cc(OC)c1C. The molecule has 2 heterocycles. The first kappa shape index (κ1) is 24.9. The van der Waals surface area contributed by atoms with E-state index < -0.39 is 12.1 Å². The summed E-state index contributed by atoms with van der Waals surface area (Å²) < 4.78 is 13.1. The molecule has 0 saturated carbocycles. The highest BCUT2D eigenvalue weighted by molar-refractivity contribution is 7.07. The van der Waals surface area contributed by atoms with Gasteiger partial charge in [0.25, 0.3) is 0 Å². The molecule has 0 aliphatic rings. The molecule has 6 nitrogen and oxygen atoms in total. The average molecular weight is 472 g/mol. The Hall–Kier alpha value is -2.77. The lowest BCUT2D eigenvalue weighted by Gasteiger charge is -2.25. The van der Waals surface area contributed by atoms with Crippen molar-refractivity contribution < 1.29 is 24.5 Å². The van der Waals surface area contributed by atoms with E-state index >= 15 is 0 Å². The molecular formula is C26H33NO5S. The van der Waals surface area contributed by atoms with Crippen molar-refractivity contribution in [1.29, 1.82) is 0 Å². The van der Waals surface area contributed by atoms with E-state index in [1.807, 2.05) is 37.5 Å². The van der Waals surface area contributed by atoms with Crippen LogP contribution in [-0.2, 0) is 24.2 Å². The second-order valence-corrected chi connectivity index (χ2v) is 9.17. The van der Waals surface area contributed by atoms with Crippen LogP contribution in [-0.4, -0.2) is 35.0 Å². The minimum atomic E-state index is -0.799. The van der Waals surface area contributed by atoms with Crippen LogP contribution in [0, 0.1) is 12.8 Å². The standard InChI is InChI=1S/C26H33NO5S/c1-18-23(31-2)13-22(14-24(18)32-3)26(30)21(6-4-5-20-10-12-33-17-20)16-27-11-9-19(15-27)7-8-25(28)29/h9-15,17,21,26,30H,4-8,16H2,1-3H3,(H,28,29)/t21-,26?/m1/s1. The monoisotopic (exact) mass is 471 g/mol. The molecular weight excluding hydrogens is 438 g/mol. The number of carboxylic acids is 1. The number of thiophene rings is 1. The number of benzene rings is 1. The molecule has 33 heavy (non-hydrogen) atoms. The van der Waals surface area contributed by atoms with Gasteiger partial charge >= 0.3 is 5.97 Å². The molecule has 2 atom stereocenters. The van der Waals surface area contributed by atoms with Gasteiger partial charge in [-0.1, -0.05) is 0 Å². The van der Waals surface area contributed by atoms with Gasteiger partial charge in [-0.3, -0.25) is 4.79 Å². The summed E-state index contributed by atoms with van der Waals surface area (Å²) in [4.78, 5) is 10.9. The lowest BCUT2D eigenvalue weighted by molar-refractivity contribution is -0.136. The van der Waals surface area contributed by atoms with E-state index in [-0.39, 0.29) is 12.3 Å². The van der Waals surface area contributed by atoms with Crippen LogP contribution in [0.5, 0.6) is 11.5 Å². The zero-order valence-electron chi connectivity index (χ0n) is 19.5. The topological polar surface area (TPSA) is 80.9 Å². The molecule has 3 aromatic rings. The highest BCUT2D eigenvalue weighted by Crippen LogP contribution is 2.36. The Kier molecular flexibility index (Phi) is 8.97. The Labute approximate surface area is 199 Å². The van der Waals surface area contributed by atoms with Gasteiger partial charge in [0.2, 0.25) is 0 Å². The van der Waals surface area contributed by atoms with Crippen LogP contribution < -0.4 is 9.47 Å². The summed E-state index contributed by atoms with van der Waals surface area (Å²) in [6.07, 6.45) is 6.65. The van der Waals surface area contributed by atoms with Crippen LogP contribution in [0.4, 0.5) is 0 Å². The van der Waals surface area contributed by atoms with Gasteiger partial charge in [-0.05, 0) is 84.3 Å². The van der Waals surface area contributed by atoms with Gasteiger partial charge in [0.1, 0.15) is 11.5 Å². The normalized spacial score (nSPS) is 13.0. The summed E-state index contributed by atoms with van der Waals surface area (Å²) in [5.41, 5.74) is 3.98. The molecule has 7 heteroatoms. The highest BCUT2D eigenvalue weighted by Gasteiger charge is 2.24. The second-order valence-electron chi connectivity index (χ2n) is 8.39. The number of nitrogens with zero attached hydrogens (tertiary/aromatic N) is 1. The molecule has 0 spiro atoms. The zero-order valence-corrected chi connectivity index (χ0v) is 20.3. The first-order chi connectivity index (χ1) is 15.9. The maximum Gasteiger partial charge on any atom is 0.303 e. The van der Waals surface area contributed by atoms with Crippen molar-refractivity contribution in [3.63, 3.8) is 0 Å². The number of aliphatic hydroxyl groups is 1. The Morgan fingerprint density at radius 1 is 1.12 bits per heavy atom.